The highest BCUT2D eigenvalue weighted by molar-refractivity contribution is 9.10. The van der Waals surface area contributed by atoms with E-state index in [1.807, 2.05) is 18.2 Å². The first-order chi connectivity index (χ1) is 11.6. The third-order valence-corrected chi connectivity index (χ3v) is 4.06. The van der Waals surface area contributed by atoms with Crippen molar-refractivity contribution in [1.82, 2.24) is 10.7 Å². The second kappa shape index (κ2) is 7.59. The molecule has 0 atom stereocenters. The third-order valence-electron chi connectivity index (χ3n) is 3.21. The van der Waals surface area contributed by atoms with Crippen molar-refractivity contribution in [2.24, 2.45) is 5.10 Å². The molecule has 0 fully saturated rings. The van der Waals surface area contributed by atoms with E-state index in [0.717, 1.165) is 22.6 Å². The Kier molecular flexibility index (Phi) is 5.27. The molecule has 0 bridgehead atoms. The van der Waals surface area contributed by atoms with Gasteiger partial charge in [-0.2, -0.15) is 5.10 Å². The molecule has 8 heteroatoms. The highest BCUT2D eigenvalue weighted by atomic mass is 79.9. The molecule has 0 saturated heterocycles. The van der Waals surface area contributed by atoms with Crippen LogP contribution < -0.4 is 20.2 Å². The summed E-state index contributed by atoms with van der Waals surface area (Å²) >= 11 is 8.28. The predicted molar refractivity (Wildman–Crippen MR) is 96.8 cm³/mol. The maximum atomic E-state index is 13.1. The summed E-state index contributed by atoms with van der Waals surface area (Å²) in [6.07, 6.45) is 1.55. The zero-order chi connectivity index (χ0) is 16.9. The van der Waals surface area contributed by atoms with E-state index < -0.39 is 0 Å². The van der Waals surface area contributed by atoms with Crippen LogP contribution in [0, 0.1) is 5.82 Å². The number of nitrogens with zero attached hydrogens (tertiary/aromatic N) is 1. The van der Waals surface area contributed by atoms with E-state index >= 15 is 0 Å². The van der Waals surface area contributed by atoms with E-state index in [4.69, 9.17) is 21.7 Å². The van der Waals surface area contributed by atoms with Gasteiger partial charge in [-0.05, 0) is 63.5 Å². The number of ether oxygens (including phenoxy) is 2. The molecule has 1 heterocycles. The Balaban J connectivity index is 1.49. The minimum atomic E-state index is -0.318. The van der Waals surface area contributed by atoms with Gasteiger partial charge in [-0.25, -0.2) is 4.39 Å². The van der Waals surface area contributed by atoms with Crippen LogP contribution in [0.25, 0.3) is 0 Å². The molecule has 0 radical (unpaired) electrons. The number of thiocarbonyl (C=S) groups is 1. The van der Waals surface area contributed by atoms with Gasteiger partial charge in [0.1, 0.15) is 5.82 Å². The van der Waals surface area contributed by atoms with E-state index in [1.165, 1.54) is 6.07 Å². The molecule has 2 N–H and O–H groups in total. The zero-order valence-electron chi connectivity index (χ0n) is 12.4. The average molecular weight is 410 g/mol. The first-order valence-corrected chi connectivity index (χ1v) is 8.22. The number of hydrogen-bond acceptors (Lipinski definition) is 4. The van der Waals surface area contributed by atoms with Gasteiger partial charge in [-0.1, -0.05) is 12.1 Å². The van der Waals surface area contributed by atoms with Crippen molar-refractivity contribution in [2.45, 2.75) is 6.54 Å². The quantitative estimate of drug-likeness (QED) is 0.460. The lowest BCUT2D eigenvalue weighted by molar-refractivity contribution is 0.174. The SMILES string of the molecule is Fc1ccc(/C=N\NC(=S)NCc2ccc3c(c2)OCO3)cc1Br. The molecule has 0 amide bonds. The molecule has 24 heavy (non-hydrogen) atoms. The predicted octanol–water partition coefficient (Wildman–Crippen LogP) is 3.32. The van der Waals surface area contributed by atoms with Gasteiger partial charge in [-0.3, -0.25) is 5.43 Å². The van der Waals surface area contributed by atoms with Gasteiger partial charge in [0.25, 0.3) is 0 Å². The molecule has 1 aliphatic heterocycles. The lowest BCUT2D eigenvalue weighted by Gasteiger charge is -2.07. The summed E-state index contributed by atoms with van der Waals surface area (Å²) in [5.41, 5.74) is 4.47. The van der Waals surface area contributed by atoms with Gasteiger partial charge in [-0.15, -0.1) is 0 Å². The zero-order valence-corrected chi connectivity index (χ0v) is 14.8. The Morgan fingerprint density at radius 2 is 2.08 bits per heavy atom. The fourth-order valence-electron chi connectivity index (χ4n) is 2.03. The number of benzene rings is 2. The molecule has 1 aliphatic rings. The minimum Gasteiger partial charge on any atom is -0.454 e. The average Bonchev–Trinajstić information content (AvgIpc) is 3.04. The van der Waals surface area contributed by atoms with E-state index in [9.17, 15) is 4.39 Å². The summed E-state index contributed by atoms with van der Waals surface area (Å²) in [7, 11) is 0. The molecule has 0 spiro atoms. The van der Waals surface area contributed by atoms with E-state index in [2.05, 4.69) is 31.8 Å². The third kappa shape index (κ3) is 4.21. The van der Waals surface area contributed by atoms with Crippen molar-refractivity contribution < 1.29 is 13.9 Å². The number of nitrogens with one attached hydrogen (secondary N) is 2. The molecule has 0 aliphatic carbocycles. The molecule has 3 rings (SSSR count). The Bertz CT molecular complexity index is 801. The van der Waals surface area contributed by atoms with Crippen molar-refractivity contribution in [3.63, 3.8) is 0 Å². The Labute approximate surface area is 152 Å². The van der Waals surface area contributed by atoms with Crippen LogP contribution in [0.15, 0.2) is 46.0 Å². The van der Waals surface area contributed by atoms with Crippen molar-refractivity contribution in [2.75, 3.05) is 6.79 Å². The van der Waals surface area contributed by atoms with Crippen LogP contribution in [0.5, 0.6) is 11.5 Å². The van der Waals surface area contributed by atoms with Gasteiger partial charge in [0.05, 0.1) is 10.7 Å². The topological polar surface area (TPSA) is 54.9 Å². The maximum absolute atomic E-state index is 13.1. The normalized spacial score (nSPS) is 12.4. The number of halogens is 2. The second-order valence-corrected chi connectivity index (χ2v) is 6.18. The Morgan fingerprint density at radius 3 is 2.92 bits per heavy atom. The molecule has 124 valence electrons. The fourth-order valence-corrected chi connectivity index (χ4v) is 2.55. The van der Waals surface area contributed by atoms with Gasteiger partial charge < -0.3 is 14.8 Å². The first kappa shape index (κ1) is 16.7. The smallest absolute Gasteiger partial charge is 0.231 e. The first-order valence-electron chi connectivity index (χ1n) is 7.02. The van der Waals surface area contributed by atoms with Crippen molar-refractivity contribution in [3.8, 4) is 11.5 Å². The molecular formula is C16H13BrFN3O2S. The van der Waals surface area contributed by atoms with E-state index in [1.54, 1.807) is 18.3 Å². The van der Waals surface area contributed by atoms with Crippen molar-refractivity contribution in [3.05, 3.63) is 57.8 Å². The Morgan fingerprint density at radius 1 is 1.25 bits per heavy atom. The number of hydrogen-bond donors (Lipinski definition) is 2. The van der Waals surface area contributed by atoms with Crippen LogP contribution in [0.2, 0.25) is 0 Å². The van der Waals surface area contributed by atoms with Crippen LogP contribution in [0.3, 0.4) is 0 Å². The highest BCUT2D eigenvalue weighted by Crippen LogP contribution is 2.32. The van der Waals surface area contributed by atoms with E-state index in [-0.39, 0.29) is 12.6 Å². The largest absolute Gasteiger partial charge is 0.454 e. The summed E-state index contributed by atoms with van der Waals surface area (Å²) in [5.74, 6) is 1.16. The number of hydrazone groups is 1. The summed E-state index contributed by atoms with van der Waals surface area (Å²) in [6, 6.07) is 10.3. The Hall–Kier alpha value is -2.19. The molecule has 2 aromatic carbocycles. The molecular weight excluding hydrogens is 397 g/mol. The summed E-state index contributed by atoms with van der Waals surface area (Å²) in [5, 5.41) is 7.43. The van der Waals surface area contributed by atoms with Gasteiger partial charge >= 0.3 is 0 Å². The van der Waals surface area contributed by atoms with Crippen LogP contribution >= 0.6 is 28.1 Å². The van der Waals surface area contributed by atoms with Gasteiger partial charge in [0.15, 0.2) is 16.6 Å². The second-order valence-electron chi connectivity index (χ2n) is 4.91. The maximum Gasteiger partial charge on any atom is 0.231 e. The number of fused-ring (bicyclic) bond motifs is 1. The lowest BCUT2D eigenvalue weighted by atomic mass is 10.2. The molecule has 0 saturated carbocycles. The van der Waals surface area contributed by atoms with Crippen molar-refractivity contribution in [1.29, 1.82) is 0 Å². The number of rotatable bonds is 4. The van der Waals surface area contributed by atoms with Gasteiger partial charge in [0.2, 0.25) is 6.79 Å². The van der Waals surface area contributed by atoms with Crippen LogP contribution in [-0.2, 0) is 6.54 Å². The van der Waals surface area contributed by atoms with E-state index in [0.29, 0.717) is 16.1 Å². The van der Waals surface area contributed by atoms with Crippen LogP contribution in [0.4, 0.5) is 4.39 Å². The standard InChI is InChI=1S/C16H13BrFN3O2S/c17-12-5-10(1-3-13(12)18)8-20-21-16(24)19-7-11-2-4-14-15(6-11)23-9-22-14/h1-6,8H,7,9H2,(H2,19,21,24)/b20-8-. The molecule has 2 aromatic rings. The molecule has 0 aromatic heterocycles. The highest BCUT2D eigenvalue weighted by Gasteiger charge is 2.12. The van der Waals surface area contributed by atoms with Crippen LogP contribution in [0.1, 0.15) is 11.1 Å². The fraction of sp³-hybridized carbons (Fsp3) is 0.125. The monoisotopic (exact) mass is 409 g/mol. The summed E-state index contributed by atoms with van der Waals surface area (Å²) in [6.45, 7) is 0.778. The lowest BCUT2D eigenvalue weighted by Crippen LogP contribution is -2.31. The summed E-state index contributed by atoms with van der Waals surface area (Å²) < 4.78 is 24.1. The minimum absolute atomic E-state index is 0.250. The summed E-state index contributed by atoms with van der Waals surface area (Å²) in [4.78, 5) is 0. The van der Waals surface area contributed by atoms with Crippen molar-refractivity contribution >= 4 is 39.5 Å². The van der Waals surface area contributed by atoms with Gasteiger partial charge in [0, 0.05) is 6.54 Å². The molecule has 5 nitrogen and oxygen atoms in total. The molecule has 0 unspecified atom stereocenters. The van der Waals surface area contributed by atoms with Crippen LogP contribution in [-0.4, -0.2) is 18.1 Å².